The third kappa shape index (κ3) is 3.59. The summed E-state index contributed by atoms with van der Waals surface area (Å²) < 4.78 is 16.8. The van der Waals surface area contributed by atoms with E-state index >= 15 is 0 Å². The van der Waals surface area contributed by atoms with Crippen LogP contribution in [0.1, 0.15) is 0 Å². The number of nitrogens with zero attached hydrogens (tertiary/aromatic N) is 2. The maximum atomic E-state index is 12.4. The van der Waals surface area contributed by atoms with Crippen molar-refractivity contribution in [3.05, 3.63) is 23.5 Å². The smallest absolute Gasteiger partial charge is 0.185 e. The van der Waals surface area contributed by atoms with Gasteiger partial charge in [-0.3, -0.25) is 9.01 Å². The maximum absolute atomic E-state index is 12.4. The van der Waals surface area contributed by atoms with Gasteiger partial charge in [-0.25, -0.2) is 4.21 Å². The van der Waals surface area contributed by atoms with E-state index in [1.807, 2.05) is 19.6 Å². The summed E-state index contributed by atoms with van der Waals surface area (Å²) in [7, 11) is -4.11. The molecule has 0 aliphatic rings. The molecule has 1 aromatic heterocycles. The minimum absolute atomic E-state index is 0.423. The molecule has 0 aliphatic carbocycles. The van der Waals surface area contributed by atoms with E-state index in [2.05, 4.69) is 9.01 Å². The van der Waals surface area contributed by atoms with Gasteiger partial charge < -0.3 is 0 Å². The van der Waals surface area contributed by atoms with Crippen LogP contribution in [0, 0.1) is 0 Å². The fourth-order valence-electron chi connectivity index (χ4n) is 1.24. The second-order valence-electron chi connectivity index (χ2n) is 4.37. The Kier molecular flexibility index (Phi) is 3.58. The minimum atomic E-state index is -2.38. The summed E-state index contributed by atoms with van der Waals surface area (Å²) >= 11 is 5.95. The topological polar surface area (TPSA) is 42.3 Å². The monoisotopic (exact) mass is 262 g/mol. The zero-order valence-corrected chi connectivity index (χ0v) is 11.9. The van der Waals surface area contributed by atoms with Crippen LogP contribution in [0.15, 0.2) is 27.4 Å². The van der Waals surface area contributed by atoms with Gasteiger partial charge in [0.1, 0.15) is 0 Å². The van der Waals surface area contributed by atoms with Crippen molar-refractivity contribution in [2.45, 2.75) is 24.5 Å². The molecule has 0 aromatic carbocycles. The van der Waals surface area contributed by atoms with Gasteiger partial charge >= 0.3 is 0 Å². The van der Waals surface area contributed by atoms with Gasteiger partial charge in [0.05, 0.1) is 19.6 Å². The molecule has 15 heavy (non-hydrogen) atoms. The molecule has 0 radical (unpaired) electrons. The number of hydrogen-bond acceptors (Lipinski definition) is 3. The van der Waals surface area contributed by atoms with Gasteiger partial charge in [0, 0.05) is 18.6 Å². The number of halogens is 1. The first-order chi connectivity index (χ1) is 6.72. The van der Waals surface area contributed by atoms with Crippen molar-refractivity contribution in [3.8, 4) is 0 Å². The van der Waals surface area contributed by atoms with Crippen LogP contribution < -0.4 is 0 Å². The Morgan fingerprint density at radius 3 is 2.53 bits per heavy atom. The van der Waals surface area contributed by atoms with Gasteiger partial charge in [0.2, 0.25) is 0 Å². The first kappa shape index (κ1) is 12.7. The molecule has 0 aliphatic heterocycles. The number of aromatic nitrogens is 1. The molecule has 0 N–H and O–H groups in total. The zero-order valence-electron chi connectivity index (χ0n) is 9.32. The van der Waals surface area contributed by atoms with Crippen molar-refractivity contribution < 1.29 is 4.21 Å². The summed E-state index contributed by atoms with van der Waals surface area (Å²) in [4.78, 5) is 4.45. The normalized spacial score (nSPS) is 15.8. The highest BCUT2D eigenvalue weighted by Crippen LogP contribution is 2.22. The molecule has 1 unspecified atom stereocenters. The van der Waals surface area contributed by atoms with Gasteiger partial charge in [-0.1, -0.05) is 11.6 Å². The van der Waals surface area contributed by atoms with Gasteiger partial charge in [-0.05, 0) is 25.7 Å². The molecule has 0 saturated heterocycles. The summed E-state index contributed by atoms with van der Waals surface area (Å²) in [5.41, 5.74) is 0. The predicted molar refractivity (Wildman–Crippen MR) is 67.4 cm³/mol. The molecule has 1 atom stereocenters. The van der Waals surface area contributed by atoms with E-state index < -0.39 is 18.0 Å². The molecule has 0 amide bonds. The highest BCUT2D eigenvalue weighted by atomic mass is 35.5. The second-order valence-corrected chi connectivity index (χ2v) is 11.9. The van der Waals surface area contributed by atoms with Gasteiger partial charge in [-0.2, -0.15) is 0 Å². The molecule has 6 heteroatoms. The van der Waals surface area contributed by atoms with Crippen molar-refractivity contribution in [2.75, 3.05) is 6.26 Å². The average molecular weight is 263 g/mol. The molecule has 84 valence electrons. The highest BCUT2D eigenvalue weighted by Gasteiger charge is 2.18. The van der Waals surface area contributed by atoms with E-state index in [0.29, 0.717) is 9.92 Å². The van der Waals surface area contributed by atoms with E-state index in [0.717, 1.165) is 0 Å². The van der Waals surface area contributed by atoms with E-state index in [9.17, 15) is 4.21 Å². The fourth-order valence-corrected chi connectivity index (χ4v) is 7.09. The molecule has 3 nitrogen and oxygen atoms in total. The van der Waals surface area contributed by atoms with Gasteiger partial charge in [0.25, 0.3) is 0 Å². The van der Waals surface area contributed by atoms with E-state index in [4.69, 9.17) is 11.6 Å². The van der Waals surface area contributed by atoms with Crippen molar-refractivity contribution in [2.24, 2.45) is 4.03 Å². The van der Waals surface area contributed by atoms with E-state index in [-0.39, 0.29) is 0 Å². The molecular weight excluding hydrogens is 248 g/mol. The third-order valence-electron chi connectivity index (χ3n) is 1.59. The van der Waals surface area contributed by atoms with Gasteiger partial charge in [0.15, 0.2) is 8.24 Å². The molecule has 0 bridgehead atoms. The van der Waals surface area contributed by atoms with E-state index in [1.54, 1.807) is 18.5 Å². The molecule has 1 aromatic rings. The van der Waals surface area contributed by atoms with Crippen LogP contribution >= 0.6 is 11.6 Å². The SMILES string of the molecule is C[Si](C)(C)N=S(C)(=O)c1ccncc1Cl. The molecule has 0 spiro atoms. The average Bonchev–Trinajstić information content (AvgIpc) is 1.99. The molecule has 1 heterocycles. The van der Waals surface area contributed by atoms with E-state index in [1.165, 1.54) is 6.20 Å². The zero-order chi connectivity index (χ0) is 11.7. The first-order valence-electron chi connectivity index (χ1n) is 4.55. The van der Waals surface area contributed by atoms with Crippen molar-refractivity contribution in [3.63, 3.8) is 0 Å². The third-order valence-corrected chi connectivity index (χ3v) is 6.76. The number of hydrogen-bond donors (Lipinski definition) is 0. The fraction of sp³-hybridized carbons (Fsp3) is 0.444. The summed E-state index contributed by atoms with van der Waals surface area (Å²) in [5, 5.41) is 0.423. The standard InChI is InChI=1S/C9H15ClN2OSSi/c1-14(13,12-15(2,3)4)9-5-6-11-7-8(9)10/h5-7H,1-4H3. The Bertz CT molecular complexity index is 475. The Morgan fingerprint density at radius 2 is 2.07 bits per heavy atom. The predicted octanol–water partition coefficient (Wildman–Crippen LogP) is 3.03. The Hall–Kier alpha value is -0.393. The van der Waals surface area contributed by atoms with Crippen LogP contribution in [0.3, 0.4) is 0 Å². The Morgan fingerprint density at radius 1 is 1.47 bits per heavy atom. The van der Waals surface area contributed by atoms with Crippen LogP contribution in [0.5, 0.6) is 0 Å². The molecule has 0 saturated carbocycles. The lowest BCUT2D eigenvalue weighted by Gasteiger charge is -2.13. The van der Waals surface area contributed by atoms with Crippen LogP contribution in [0.25, 0.3) is 0 Å². The molecular formula is C9H15ClN2OSSi. The molecule has 1 rings (SSSR count). The quantitative estimate of drug-likeness (QED) is 0.769. The lowest BCUT2D eigenvalue weighted by Crippen LogP contribution is -2.19. The summed E-state index contributed by atoms with van der Waals surface area (Å²) in [6, 6.07) is 1.67. The first-order valence-corrected chi connectivity index (χ1v) is 10.3. The minimum Gasteiger partial charge on any atom is -0.274 e. The summed E-state index contributed by atoms with van der Waals surface area (Å²) in [6.45, 7) is 6.14. The van der Waals surface area contributed by atoms with Crippen molar-refractivity contribution >= 4 is 29.6 Å². The lowest BCUT2D eigenvalue weighted by molar-refractivity contribution is 0.681. The second kappa shape index (κ2) is 4.23. The Balaban J connectivity index is 3.36. The van der Waals surface area contributed by atoms with Gasteiger partial charge in [-0.15, -0.1) is 0 Å². The van der Waals surface area contributed by atoms with Crippen LogP contribution in [-0.2, 0) is 9.73 Å². The van der Waals surface area contributed by atoms with Crippen LogP contribution in [0.4, 0.5) is 0 Å². The Labute approximate surface area is 97.2 Å². The summed E-state index contributed by atoms with van der Waals surface area (Å²) in [6.07, 6.45) is 4.72. The maximum Gasteiger partial charge on any atom is 0.185 e. The highest BCUT2D eigenvalue weighted by molar-refractivity contribution is 7.93. The number of rotatable bonds is 2. The van der Waals surface area contributed by atoms with Crippen LogP contribution in [-0.4, -0.2) is 23.7 Å². The summed E-state index contributed by atoms with van der Waals surface area (Å²) in [5.74, 6) is 0. The van der Waals surface area contributed by atoms with Crippen molar-refractivity contribution in [1.29, 1.82) is 0 Å². The van der Waals surface area contributed by atoms with Crippen molar-refractivity contribution in [1.82, 2.24) is 4.98 Å². The largest absolute Gasteiger partial charge is 0.274 e. The number of pyridine rings is 1. The lowest BCUT2D eigenvalue weighted by atomic mass is 10.5. The van der Waals surface area contributed by atoms with Crippen LogP contribution in [0.2, 0.25) is 24.7 Å². The molecule has 0 fully saturated rings.